The second-order valence-electron chi connectivity index (χ2n) is 4.61. The van der Waals surface area contributed by atoms with Crippen molar-refractivity contribution < 1.29 is 33.7 Å². The van der Waals surface area contributed by atoms with Gasteiger partial charge in [0.05, 0.1) is 31.8 Å². The van der Waals surface area contributed by atoms with Crippen LogP contribution in [0, 0.1) is 0 Å². The lowest BCUT2D eigenvalue weighted by molar-refractivity contribution is -0.140. The summed E-state index contributed by atoms with van der Waals surface area (Å²) in [6.07, 6.45) is 1.43. The fraction of sp³-hybridized carbons (Fsp3) is 0.267. The molecule has 1 N–H and O–H groups in total. The lowest BCUT2D eigenvalue weighted by Crippen LogP contribution is -2.33. The van der Waals surface area contributed by atoms with E-state index in [0.29, 0.717) is 39.5 Å². The normalized spacial score (nSPS) is 15.8. The molecule has 8 nitrogen and oxygen atoms in total. The molecule has 2 amide bonds. The van der Waals surface area contributed by atoms with E-state index in [9.17, 15) is 14.4 Å². The number of aliphatic carboxylic acids is 1. The van der Waals surface area contributed by atoms with Crippen molar-refractivity contribution in [2.75, 3.05) is 27.9 Å². The van der Waals surface area contributed by atoms with Crippen LogP contribution in [0.4, 0.5) is 4.79 Å². The van der Waals surface area contributed by atoms with E-state index in [-0.39, 0.29) is 4.91 Å². The van der Waals surface area contributed by atoms with Crippen LogP contribution in [0.2, 0.25) is 0 Å². The second-order valence-corrected chi connectivity index (χ2v) is 5.60. The molecule has 1 heterocycles. The van der Waals surface area contributed by atoms with E-state index in [1.807, 2.05) is 0 Å². The number of thioether (sulfide) groups is 1. The first-order valence-electron chi connectivity index (χ1n) is 6.68. The fourth-order valence-corrected chi connectivity index (χ4v) is 2.90. The summed E-state index contributed by atoms with van der Waals surface area (Å²) in [5.74, 6) is -0.669. The number of carbonyl (C=O) groups excluding carboxylic acids is 2. The Hall–Kier alpha value is -2.68. The molecule has 2 rings (SSSR count). The predicted octanol–water partition coefficient (Wildman–Crippen LogP) is 1.83. The van der Waals surface area contributed by atoms with Crippen LogP contribution < -0.4 is 14.2 Å². The standard InChI is InChI=1S/C15H15NO7S/c1-21-8-4-10(22-2)9(11(5-8)23-3)6-12-14(19)16(7-13(17)18)15(20)24-12/h4-6H,7H2,1-3H3,(H,17,18)/b12-6+. The minimum Gasteiger partial charge on any atom is -0.496 e. The molecular formula is C15H15NO7S. The van der Waals surface area contributed by atoms with Crippen LogP contribution in [0.3, 0.4) is 0 Å². The topological polar surface area (TPSA) is 102 Å². The third-order valence-electron chi connectivity index (χ3n) is 3.20. The number of hydrogen-bond acceptors (Lipinski definition) is 7. The molecule has 1 aromatic rings. The summed E-state index contributed by atoms with van der Waals surface area (Å²) in [6, 6.07) is 3.21. The van der Waals surface area contributed by atoms with Crippen LogP contribution in [-0.4, -0.2) is 55.0 Å². The minimum absolute atomic E-state index is 0.0861. The zero-order valence-electron chi connectivity index (χ0n) is 13.2. The highest BCUT2D eigenvalue weighted by atomic mass is 32.2. The smallest absolute Gasteiger partial charge is 0.323 e. The predicted molar refractivity (Wildman–Crippen MR) is 86.4 cm³/mol. The first-order valence-corrected chi connectivity index (χ1v) is 7.50. The molecule has 1 aliphatic rings. The summed E-state index contributed by atoms with van der Waals surface area (Å²) >= 11 is 0.660. The molecule has 1 saturated heterocycles. The van der Waals surface area contributed by atoms with E-state index >= 15 is 0 Å². The van der Waals surface area contributed by atoms with Gasteiger partial charge in [0.1, 0.15) is 23.8 Å². The Labute approximate surface area is 142 Å². The zero-order chi connectivity index (χ0) is 17.9. The number of imide groups is 1. The SMILES string of the molecule is COc1cc(OC)c(/C=C2/SC(=O)N(CC(=O)O)C2=O)c(OC)c1. The number of methoxy groups -OCH3 is 3. The van der Waals surface area contributed by atoms with Crippen molar-refractivity contribution in [3.05, 3.63) is 22.6 Å². The number of nitrogens with zero attached hydrogens (tertiary/aromatic N) is 1. The molecule has 0 spiro atoms. The van der Waals surface area contributed by atoms with Gasteiger partial charge in [-0.15, -0.1) is 0 Å². The molecule has 1 fully saturated rings. The molecule has 0 radical (unpaired) electrons. The van der Waals surface area contributed by atoms with Crippen molar-refractivity contribution in [2.45, 2.75) is 0 Å². The van der Waals surface area contributed by atoms with E-state index in [2.05, 4.69) is 0 Å². The summed E-state index contributed by atoms with van der Waals surface area (Å²) < 4.78 is 15.7. The van der Waals surface area contributed by atoms with Gasteiger partial charge < -0.3 is 19.3 Å². The first-order chi connectivity index (χ1) is 11.4. The molecule has 0 unspecified atom stereocenters. The molecule has 0 aromatic heterocycles. The fourth-order valence-electron chi connectivity index (χ4n) is 2.08. The van der Waals surface area contributed by atoms with Crippen LogP contribution in [0.15, 0.2) is 17.0 Å². The molecular weight excluding hydrogens is 338 g/mol. The first kappa shape index (κ1) is 17.7. The van der Waals surface area contributed by atoms with Gasteiger partial charge >= 0.3 is 5.97 Å². The lowest BCUT2D eigenvalue weighted by atomic mass is 10.1. The highest BCUT2D eigenvalue weighted by Gasteiger charge is 2.36. The van der Waals surface area contributed by atoms with Gasteiger partial charge in [-0.05, 0) is 17.8 Å². The van der Waals surface area contributed by atoms with Gasteiger partial charge in [0.25, 0.3) is 11.1 Å². The van der Waals surface area contributed by atoms with Gasteiger partial charge in [-0.1, -0.05) is 0 Å². The number of rotatable bonds is 6. The van der Waals surface area contributed by atoms with E-state index < -0.39 is 23.7 Å². The van der Waals surface area contributed by atoms with E-state index in [4.69, 9.17) is 19.3 Å². The van der Waals surface area contributed by atoms with Gasteiger partial charge in [0.15, 0.2) is 0 Å². The Bertz CT molecular complexity index is 704. The number of amides is 2. The Morgan fingerprint density at radius 2 is 1.75 bits per heavy atom. The van der Waals surface area contributed by atoms with Crippen molar-refractivity contribution in [3.8, 4) is 17.2 Å². The van der Waals surface area contributed by atoms with Gasteiger partial charge in [-0.2, -0.15) is 0 Å². The molecule has 0 saturated carbocycles. The van der Waals surface area contributed by atoms with Gasteiger partial charge in [-0.3, -0.25) is 19.3 Å². The number of carboxylic acid groups (broad SMARTS) is 1. The Morgan fingerprint density at radius 3 is 2.21 bits per heavy atom. The number of benzene rings is 1. The third kappa shape index (κ3) is 3.46. The summed E-state index contributed by atoms with van der Waals surface area (Å²) in [5, 5.41) is 8.14. The monoisotopic (exact) mass is 353 g/mol. The van der Waals surface area contributed by atoms with Gasteiger partial charge in [0, 0.05) is 12.1 Å². The van der Waals surface area contributed by atoms with Crippen molar-refractivity contribution in [1.29, 1.82) is 0 Å². The van der Waals surface area contributed by atoms with Crippen molar-refractivity contribution in [2.24, 2.45) is 0 Å². The van der Waals surface area contributed by atoms with Crippen molar-refractivity contribution in [1.82, 2.24) is 4.90 Å². The number of carbonyl (C=O) groups is 3. The van der Waals surface area contributed by atoms with Crippen LogP contribution in [0.5, 0.6) is 17.2 Å². The molecule has 0 aliphatic carbocycles. The average Bonchev–Trinajstić information content (AvgIpc) is 2.82. The van der Waals surface area contributed by atoms with Crippen LogP contribution in [-0.2, 0) is 9.59 Å². The summed E-state index contributed by atoms with van der Waals surface area (Å²) in [6.45, 7) is -0.682. The number of ether oxygens (including phenoxy) is 3. The molecule has 128 valence electrons. The summed E-state index contributed by atoms with van der Waals surface area (Å²) in [7, 11) is 4.38. The maximum Gasteiger partial charge on any atom is 0.323 e. The molecule has 0 bridgehead atoms. The zero-order valence-corrected chi connectivity index (χ0v) is 14.0. The molecule has 1 aliphatic heterocycles. The Kier molecular flexibility index (Phi) is 5.35. The summed E-state index contributed by atoms with van der Waals surface area (Å²) in [4.78, 5) is 35.5. The number of hydrogen-bond donors (Lipinski definition) is 1. The second kappa shape index (κ2) is 7.26. The molecule has 1 aromatic carbocycles. The van der Waals surface area contributed by atoms with Crippen LogP contribution in [0.25, 0.3) is 6.08 Å². The lowest BCUT2D eigenvalue weighted by Gasteiger charge is -2.13. The minimum atomic E-state index is -1.27. The van der Waals surface area contributed by atoms with Gasteiger partial charge in [0.2, 0.25) is 0 Å². The van der Waals surface area contributed by atoms with Crippen LogP contribution >= 0.6 is 11.8 Å². The van der Waals surface area contributed by atoms with Crippen molar-refractivity contribution in [3.63, 3.8) is 0 Å². The number of carboxylic acids is 1. The third-order valence-corrected chi connectivity index (χ3v) is 4.10. The van der Waals surface area contributed by atoms with Gasteiger partial charge in [-0.25, -0.2) is 0 Å². The maximum absolute atomic E-state index is 12.2. The van der Waals surface area contributed by atoms with E-state index in [0.717, 1.165) is 0 Å². The quantitative estimate of drug-likeness (QED) is 0.773. The van der Waals surface area contributed by atoms with E-state index in [1.165, 1.54) is 27.4 Å². The molecule has 9 heteroatoms. The molecule has 24 heavy (non-hydrogen) atoms. The molecule has 0 atom stereocenters. The average molecular weight is 353 g/mol. The highest BCUT2D eigenvalue weighted by Crippen LogP contribution is 2.39. The Morgan fingerprint density at radius 1 is 1.17 bits per heavy atom. The van der Waals surface area contributed by atoms with Crippen molar-refractivity contribution >= 4 is 35.0 Å². The highest BCUT2D eigenvalue weighted by molar-refractivity contribution is 8.18. The Balaban J connectivity index is 2.46. The largest absolute Gasteiger partial charge is 0.496 e. The van der Waals surface area contributed by atoms with Crippen LogP contribution in [0.1, 0.15) is 5.56 Å². The maximum atomic E-state index is 12.2. The van der Waals surface area contributed by atoms with E-state index in [1.54, 1.807) is 12.1 Å². The summed E-state index contributed by atoms with van der Waals surface area (Å²) in [5.41, 5.74) is 0.446.